The average molecular weight is 438 g/mol. The van der Waals surface area contributed by atoms with E-state index in [0.717, 1.165) is 49.1 Å². The van der Waals surface area contributed by atoms with Crippen molar-refractivity contribution < 1.29 is 9.53 Å². The monoisotopic (exact) mass is 437 g/mol. The Kier molecular flexibility index (Phi) is 8.92. The fraction of sp³-hybridized carbons (Fsp3) is 0.440. The lowest BCUT2D eigenvalue weighted by atomic mass is 10.1. The van der Waals surface area contributed by atoms with Gasteiger partial charge in [-0.15, -0.1) is 0 Å². The Morgan fingerprint density at radius 3 is 2.53 bits per heavy atom. The molecule has 0 saturated carbocycles. The molecule has 0 aromatic heterocycles. The lowest BCUT2D eigenvalue weighted by molar-refractivity contribution is -0.114. The Hall–Kier alpha value is -3.06. The molecule has 32 heavy (non-hydrogen) atoms. The van der Waals surface area contributed by atoms with Gasteiger partial charge in [-0.1, -0.05) is 24.3 Å². The molecule has 3 N–H and O–H groups in total. The van der Waals surface area contributed by atoms with Crippen LogP contribution in [-0.2, 0) is 11.3 Å². The first-order valence-corrected chi connectivity index (χ1v) is 11.4. The van der Waals surface area contributed by atoms with Gasteiger partial charge in [0.25, 0.3) is 0 Å². The van der Waals surface area contributed by atoms with E-state index in [1.807, 2.05) is 36.4 Å². The largest absolute Gasteiger partial charge is 0.497 e. The molecule has 1 atom stereocenters. The number of rotatable bonds is 9. The van der Waals surface area contributed by atoms with Crippen LogP contribution in [0.3, 0.4) is 0 Å². The third kappa shape index (κ3) is 6.99. The van der Waals surface area contributed by atoms with E-state index in [-0.39, 0.29) is 11.9 Å². The van der Waals surface area contributed by atoms with Crippen molar-refractivity contribution in [3.8, 4) is 5.75 Å². The quantitative estimate of drug-likeness (QED) is 0.413. The second kappa shape index (κ2) is 12.1. The lowest BCUT2D eigenvalue weighted by Gasteiger charge is -2.29. The average Bonchev–Trinajstić information content (AvgIpc) is 3.32. The summed E-state index contributed by atoms with van der Waals surface area (Å²) in [6.07, 6.45) is 2.48. The number of benzene rings is 2. The summed E-state index contributed by atoms with van der Waals surface area (Å²) in [7, 11) is 1.69. The Bertz CT molecular complexity index is 891. The van der Waals surface area contributed by atoms with E-state index >= 15 is 0 Å². The number of guanidine groups is 1. The van der Waals surface area contributed by atoms with E-state index in [0.29, 0.717) is 6.54 Å². The molecule has 0 spiro atoms. The Morgan fingerprint density at radius 2 is 1.88 bits per heavy atom. The minimum atomic E-state index is -0.0767. The van der Waals surface area contributed by atoms with Gasteiger partial charge in [0.2, 0.25) is 5.91 Å². The molecule has 1 aliphatic heterocycles. The third-order valence-corrected chi connectivity index (χ3v) is 5.56. The van der Waals surface area contributed by atoms with Crippen LogP contribution in [0.25, 0.3) is 0 Å². The molecule has 2 aromatic carbocycles. The normalized spacial score (nSPS) is 15.3. The van der Waals surface area contributed by atoms with Gasteiger partial charge in [-0.3, -0.25) is 9.69 Å². The van der Waals surface area contributed by atoms with E-state index in [1.54, 1.807) is 7.11 Å². The maximum Gasteiger partial charge on any atom is 0.221 e. The highest BCUT2D eigenvalue weighted by Crippen LogP contribution is 2.26. The molecule has 1 saturated heterocycles. The van der Waals surface area contributed by atoms with Crippen molar-refractivity contribution in [2.24, 2.45) is 4.99 Å². The van der Waals surface area contributed by atoms with Crippen LogP contribution in [0.4, 0.5) is 5.69 Å². The number of hydrogen-bond acceptors (Lipinski definition) is 4. The highest BCUT2D eigenvalue weighted by molar-refractivity contribution is 5.88. The van der Waals surface area contributed by atoms with E-state index in [1.165, 1.54) is 25.3 Å². The molecule has 7 heteroatoms. The SMILES string of the molecule is CCNC(=NCc1cccc(NC(C)=O)c1)NCC(c1ccc(OC)cc1)N1CCCC1. The van der Waals surface area contributed by atoms with Gasteiger partial charge < -0.3 is 20.7 Å². The predicted molar refractivity (Wildman–Crippen MR) is 130 cm³/mol. The van der Waals surface area contributed by atoms with Crippen LogP contribution in [0, 0.1) is 0 Å². The number of hydrogen-bond donors (Lipinski definition) is 3. The number of anilines is 1. The van der Waals surface area contributed by atoms with Crippen LogP contribution in [0.5, 0.6) is 5.75 Å². The standard InChI is InChI=1S/C25H35N5O2/c1-4-26-25(27-17-20-8-7-9-22(16-20)29-19(2)31)28-18-24(30-14-5-6-15-30)21-10-12-23(32-3)13-11-21/h7-13,16,24H,4-6,14-15,17-18H2,1-3H3,(H,29,31)(H2,26,27,28). The van der Waals surface area contributed by atoms with Crippen molar-refractivity contribution in [3.05, 3.63) is 59.7 Å². The zero-order valence-electron chi connectivity index (χ0n) is 19.4. The number of nitrogens with zero attached hydrogens (tertiary/aromatic N) is 2. The molecule has 1 fully saturated rings. The van der Waals surface area contributed by atoms with E-state index in [2.05, 4.69) is 39.9 Å². The third-order valence-electron chi connectivity index (χ3n) is 5.56. The zero-order chi connectivity index (χ0) is 22.8. The molecule has 172 valence electrons. The molecule has 3 rings (SSSR count). The molecule has 0 aliphatic carbocycles. The predicted octanol–water partition coefficient (Wildman–Crippen LogP) is 3.55. The van der Waals surface area contributed by atoms with Crippen molar-refractivity contribution >= 4 is 17.6 Å². The molecule has 0 bridgehead atoms. The van der Waals surface area contributed by atoms with Gasteiger partial charge in [0, 0.05) is 25.7 Å². The molecule has 1 unspecified atom stereocenters. The molecule has 2 aromatic rings. The van der Waals surface area contributed by atoms with Gasteiger partial charge in [0.1, 0.15) is 5.75 Å². The van der Waals surface area contributed by atoms with Gasteiger partial charge in [0.15, 0.2) is 5.96 Å². The summed E-state index contributed by atoms with van der Waals surface area (Å²) >= 11 is 0. The molecular formula is C25H35N5O2. The second-order valence-corrected chi connectivity index (χ2v) is 7.99. The maximum absolute atomic E-state index is 11.3. The topological polar surface area (TPSA) is 78.0 Å². The number of likely N-dealkylation sites (tertiary alicyclic amines) is 1. The second-order valence-electron chi connectivity index (χ2n) is 7.99. The lowest BCUT2D eigenvalue weighted by Crippen LogP contribution is -2.42. The molecule has 0 radical (unpaired) electrons. The maximum atomic E-state index is 11.3. The highest BCUT2D eigenvalue weighted by atomic mass is 16.5. The number of amides is 1. The summed E-state index contributed by atoms with van der Waals surface area (Å²) < 4.78 is 5.33. The van der Waals surface area contributed by atoms with Crippen LogP contribution in [0.1, 0.15) is 43.9 Å². The Labute approximate surface area is 191 Å². The summed E-state index contributed by atoms with van der Waals surface area (Å²) in [6, 6.07) is 16.4. The highest BCUT2D eigenvalue weighted by Gasteiger charge is 2.23. The molecule has 1 heterocycles. The number of ether oxygens (including phenoxy) is 1. The van der Waals surface area contributed by atoms with Crippen LogP contribution in [-0.4, -0.2) is 50.1 Å². The Morgan fingerprint density at radius 1 is 1.12 bits per heavy atom. The summed E-state index contributed by atoms with van der Waals surface area (Å²) in [6.45, 7) is 7.89. The molecule has 1 aliphatic rings. The number of carbonyl (C=O) groups excluding carboxylic acids is 1. The minimum Gasteiger partial charge on any atom is -0.497 e. The smallest absolute Gasteiger partial charge is 0.221 e. The fourth-order valence-corrected chi connectivity index (χ4v) is 3.99. The van der Waals surface area contributed by atoms with Gasteiger partial charge in [0.05, 0.1) is 19.7 Å². The van der Waals surface area contributed by atoms with Gasteiger partial charge in [-0.2, -0.15) is 0 Å². The van der Waals surface area contributed by atoms with Crippen molar-refractivity contribution in [1.29, 1.82) is 0 Å². The first-order chi connectivity index (χ1) is 15.6. The number of nitrogens with one attached hydrogen (secondary N) is 3. The van der Waals surface area contributed by atoms with E-state index < -0.39 is 0 Å². The summed E-state index contributed by atoms with van der Waals surface area (Å²) in [5.74, 6) is 1.58. The van der Waals surface area contributed by atoms with Crippen LogP contribution < -0.4 is 20.7 Å². The van der Waals surface area contributed by atoms with E-state index in [4.69, 9.17) is 9.73 Å². The Balaban J connectivity index is 1.69. The molecule has 7 nitrogen and oxygen atoms in total. The van der Waals surface area contributed by atoms with E-state index in [9.17, 15) is 4.79 Å². The van der Waals surface area contributed by atoms with Crippen LogP contribution in [0.2, 0.25) is 0 Å². The fourth-order valence-electron chi connectivity index (χ4n) is 3.99. The number of methoxy groups -OCH3 is 1. The minimum absolute atomic E-state index is 0.0767. The summed E-state index contributed by atoms with van der Waals surface area (Å²) in [5.41, 5.74) is 3.11. The first-order valence-electron chi connectivity index (χ1n) is 11.4. The molecule has 1 amide bonds. The summed E-state index contributed by atoms with van der Waals surface area (Å²) in [5, 5.41) is 9.71. The van der Waals surface area contributed by atoms with Crippen LogP contribution >= 0.6 is 0 Å². The van der Waals surface area contributed by atoms with Gasteiger partial charge in [-0.05, 0) is 68.2 Å². The van der Waals surface area contributed by atoms with Crippen molar-refractivity contribution in [1.82, 2.24) is 15.5 Å². The van der Waals surface area contributed by atoms with Gasteiger partial charge >= 0.3 is 0 Å². The van der Waals surface area contributed by atoms with Crippen molar-refractivity contribution in [2.75, 3.05) is 38.6 Å². The first kappa shape index (κ1) is 23.6. The summed E-state index contributed by atoms with van der Waals surface area (Å²) in [4.78, 5) is 18.6. The van der Waals surface area contributed by atoms with Crippen molar-refractivity contribution in [3.63, 3.8) is 0 Å². The van der Waals surface area contributed by atoms with Crippen LogP contribution in [0.15, 0.2) is 53.5 Å². The molecular weight excluding hydrogens is 402 g/mol. The number of carbonyl (C=O) groups is 1. The van der Waals surface area contributed by atoms with Crippen molar-refractivity contribution in [2.45, 2.75) is 39.3 Å². The zero-order valence-corrected chi connectivity index (χ0v) is 19.4. The number of aliphatic imine (C=N–C) groups is 1. The van der Waals surface area contributed by atoms with Gasteiger partial charge in [-0.25, -0.2) is 4.99 Å².